The highest BCUT2D eigenvalue weighted by atomic mass is 19.1. The van der Waals surface area contributed by atoms with Crippen LogP contribution in [0.4, 0.5) is 4.39 Å². The highest BCUT2D eigenvalue weighted by molar-refractivity contribution is 5.69. The van der Waals surface area contributed by atoms with Crippen molar-refractivity contribution in [2.45, 2.75) is 57.5 Å². The molecule has 2 fully saturated rings. The van der Waals surface area contributed by atoms with Gasteiger partial charge in [-0.25, -0.2) is 9.37 Å². The van der Waals surface area contributed by atoms with Crippen LogP contribution in [0.5, 0.6) is 0 Å². The number of rotatable bonds is 5. The Morgan fingerprint density at radius 3 is 2.58 bits per heavy atom. The van der Waals surface area contributed by atoms with Crippen molar-refractivity contribution in [1.82, 2.24) is 9.97 Å². The minimum atomic E-state index is -0.454. The number of hydrogen-bond acceptors (Lipinski definition) is 2. The normalized spacial score (nSPS) is 25.7. The highest BCUT2D eigenvalue weighted by Gasteiger charge is 2.34. The first-order valence-corrected chi connectivity index (χ1v) is 9.76. The zero-order valence-corrected chi connectivity index (χ0v) is 15.3. The lowest BCUT2D eigenvalue weighted by atomic mass is 9.74. The second kappa shape index (κ2) is 7.36. The Morgan fingerprint density at radius 1 is 1.19 bits per heavy atom. The maximum atomic E-state index is 13.5. The summed E-state index contributed by atoms with van der Waals surface area (Å²) in [5, 5.41) is 11.2. The lowest BCUT2D eigenvalue weighted by Gasteiger charge is -2.33. The maximum absolute atomic E-state index is 13.5. The third-order valence-corrected chi connectivity index (χ3v) is 6.24. The fourth-order valence-electron chi connectivity index (χ4n) is 4.51. The van der Waals surface area contributed by atoms with Gasteiger partial charge in [0.15, 0.2) is 0 Å². The molecule has 1 atom stereocenters. The topological polar surface area (TPSA) is 48.9 Å². The molecule has 0 saturated heterocycles. The first-order chi connectivity index (χ1) is 12.6. The van der Waals surface area contributed by atoms with Gasteiger partial charge in [-0.15, -0.1) is 0 Å². The van der Waals surface area contributed by atoms with Gasteiger partial charge < -0.3 is 10.1 Å². The molecule has 0 spiro atoms. The summed E-state index contributed by atoms with van der Waals surface area (Å²) >= 11 is 0. The second-order valence-corrected chi connectivity index (χ2v) is 7.95. The van der Waals surface area contributed by atoms with Crippen LogP contribution in [0.1, 0.15) is 62.6 Å². The van der Waals surface area contributed by atoms with Gasteiger partial charge >= 0.3 is 0 Å². The first kappa shape index (κ1) is 17.5. The number of hydrogen-bond donors (Lipinski definition) is 2. The molecule has 1 unspecified atom stereocenters. The SMILES string of the molecule is C/C(=C(\c1cnc[nH]1)C(O)C1CCC(c2cccc(F)c2)CC1)C1CC1. The molecule has 0 aliphatic heterocycles. The monoisotopic (exact) mass is 354 g/mol. The van der Waals surface area contributed by atoms with E-state index in [1.54, 1.807) is 18.5 Å². The van der Waals surface area contributed by atoms with Crippen LogP contribution in [0.2, 0.25) is 0 Å². The Balaban J connectivity index is 1.48. The van der Waals surface area contributed by atoms with Crippen LogP contribution in [0, 0.1) is 17.7 Å². The van der Waals surface area contributed by atoms with Gasteiger partial charge in [-0.1, -0.05) is 17.7 Å². The van der Waals surface area contributed by atoms with E-state index in [2.05, 4.69) is 16.9 Å². The predicted octanol–water partition coefficient (Wildman–Crippen LogP) is 5.07. The molecule has 2 aromatic rings. The molecule has 2 N–H and O–H groups in total. The van der Waals surface area contributed by atoms with Crippen molar-refractivity contribution in [2.24, 2.45) is 11.8 Å². The predicted molar refractivity (Wildman–Crippen MR) is 101 cm³/mol. The number of imidazole rings is 1. The summed E-state index contributed by atoms with van der Waals surface area (Å²) in [6.07, 6.45) is 9.45. The number of aliphatic hydroxyl groups is 1. The molecule has 0 radical (unpaired) electrons. The fourth-order valence-corrected chi connectivity index (χ4v) is 4.51. The van der Waals surface area contributed by atoms with E-state index in [-0.39, 0.29) is 11.7 Å². The lowest BCUT2D eigenvalue weighted by molar-refractivity contribution is 0.127. The summed E-state index contributed by atoms with van der Waals surface area (Å²) in [6.45, 7) is 2.16. The largest absolute Gasteiger partial charge is 0.388 e. The van der Waals surface area contributed by atoms with Crippen LogP contribution in [0.15, 0.2) is 42.4 Å². The Morgan fingerprint density at radius 2 is 1.96 bits per heavy atom. The van der Waals surface area contributed by atoms with Crippen LogP contribution in [0.25, 0.3) is 5.57 Å². The van der Waals surface area contributed by atoms with Gasteiger partial charge in [0.1, 0.15) is 5.82 Å². The number of benzene rings is 1. The molecule has 4 heteroatoms. The van der Waals surface area contributed by atoms with Gasteiger partial charge in [0.05, 0.1) is 24.3 Å². The Hall–Kier alpha value is -1.94. The van der Waals surface area contributed by atoms with Crippen LogP contribution < -0.4 is 0 Å². The van der Waals surface area contributed by atoms with Gasteiger partial charge in [0, 0.05) is 5.57 Å². The Kier molecular flexibility index (Phi) is 4.94. The maximum Gasteiger partial charge on any atom is 0.123 e. The smallest absolute Gasteiger partial charge is 0.123 e. The Labute approximate surface area is 154 Å². The van der Waals surface area contributed by atoms with Crippen LogP contribution in [0.3, 0.4) is 0 Å². The Bertz CT molecular complexity index is 771. The number of aromatic nitrogens is 2. The fraction of sp³-hybridized carbons (Fsp3) is 0.500. The molecule has 138 valence electrons. The van der Waals surface area contributed by atoms with Gasteiger partial charge in [-0.2, -0.15) is 0 Å². The molecule has 2 aliphatic rings. The van der Waals surface area contributed by atoms with Crippen molar-refractivity contribution < 1.29 is 9.50 Å². The third kappa shape index (κ3) is 3.61. The van der Waals surface area contributed by atoms with Crippen molar-refractivity contribution in [3.05, 3.63) is 59.4 Å². The molecule has 26 heavy (non-hydrogen) atoms. The van der Waals surface area contributed by atoms with E-state index in [0.717, 1.165) is 42.5 Å². The molecule has 1 heterocycles. The molecular formula is C22H27FN2O. The summed E-state index contributed by atoms with van der Waals surface area (Å²) in [7, 11) is 0. The van der Waals surface area contributed by atoms with Crippen LogP contribution in [-0.2, 0) is 0 Å². The summed E-state index contributed by atoms with van der Waals surface area (Å²) < 4.78 is 13.5. The minimum absolute atomic E-state index is 0.158. The van der Waals surface area contributed by atoms with E-state index in [1.807, 2.05) is 12.3 Å². The standard InChI is InChI=1S/C22H27FN2O/c1-14(15-5-6-15)21(20-12-24-13-25-20)22(26)17-9-7-16(8-10-17)18-3-2-4-19(23)11-18/h2-4,11-13,15-17,22,26H,5-10H2,1H3,(H,24,25)/b21-14-. The van der Waals surface area contributed by atoms with Crippen molar-refractivity contribution in [1.29, 1.82) is 0 Å². The van der Waals surface area contributed by atoms with Crippen LogP contribution in [-0.4, -0.2) is 21.2 Å². The third-order valence-electron chi connectivity index (χ3n) is 6.24. The number of allylic oxidation sites excluding steroid dienone is 1. The number of aliphatic hydroxyl groups excluding tert-OH is 1. The average Bonchev–Trinajstić information content (AvgIpc) is 3.38. The molecule has 1 aromatic carbocycles. The number of aromatic amines is 1. The van der Waals surface area contributed by atoms with Gasteiger partial charge in [-0.05, 0) is 80.9 Å². The molecule has 2 aliphatic carbocycles. The van der Waals surface area contributed by atoms with E-state index in [9.17, 15) is 9.50 Å². The van der Waals surface area contributed by atoms with Crippen molar-refractivity contribution >= 4 is 5.57 Å². The summed E-state index contributed by atoms with van der Waals surface area (Å²) in [5.74, 6) is 1.12. The average molecular weight is 354 g/mol. The van der Waals surface area contributed by atoms with Gasteiger partial charge in [0.25, 0.3) is 0 Å². The number of halogens is 1. The van der Waals surface area contributed by atoms with Crippen molar-refractivity contribution in [3.63, 3.8) is 0 Å². The number of nitrogens with one attached hydrogen (secondary N) is 1. The summed E-state index contributed by atoms with van der Waals surface area (Å²) in [6, 6.07) is 6.98. The molecule has 0 bridgehead atoms. The van der Waals surface area contributed by atoms with E-state index < -0.39 is 6.10 Å². The van der Waals surface area contributed by atoms with E-state index >= 15 is 0 Å². The van der Waals surface area contributed by atoms with E-state index in [1.165, 1.54) is 24.5 Å². The van der Waals surface area contributed by atoms with Gasteiger partial charge in [0.2, 0.25) is 0 Å². The highest BCUT2D eigenvalue weighted by Crippen LogP contribution is 2.44. The zero-order chi connectivity index (χ0) is 18.1. The number of nitrogens with zero attached hydrogens (tertiary/aromatic N) is 1. The number of H-pyrrole nitrogens is 1. The zero-order valence-electron chi connectivity index (χ0n) is 15.3. The lowest BCUT2D eigenvalue weighted by Crippen LogP contribution is -2.27. The summed E-state index contributed by atoms with van der Waals surface area (Å²) in [4.78, 5) is 7.35. The van der Waals surface area contributed by atoms with Crippen LogP contribution >= 0.6 is 0 Å². The minimum Gasteiger partial charge on any atom is -0.388 e. The molecule has 1 aromatic heterocycles. The van der Waals surface area contributed by atoms with E-state index in [0.29, 0.717) is 11.8 Å². The molecular weight excluding hydrogens is 327 g/mol. The summed E-state index contributed by atoms with van der Waals surface area (Å²) in [5.41, 5.74) is 4.42. The van der Waals surface area contributed by atoms with E-state index in [4.69, 9.17) is 0 Å². The molecule has 4 rings (SSSR count). The first-order valence-electron chi connectivity index (χ1n) is 9.76. The van der Waals surface area contributed by atoms with Crippen molar-refractivity contribution in [3.8, 4) is 0 Å². The molecule has 2 saturated carbocycles. The quantitative estimate of drug-likeness (QED) is 0.788. The molecule has 3 nitrogen and oxygen atoms in total. The van der Waals surface area contributed by atoms with Crippen molar-refractivity contribution in [2.75, 3.05) is 0 Å². The second-order valence-electron chi connectivity index (χ2n) is 7.95. The van der Waals surface area contributed by atoms with Gasteiger partial charge in [-0.3, -0.25) is 0 Å². The molecule has 0 amide bonds.